The highest BCUT2D eigenvalue weighted by Crippen LogP contribution is 2.33. The summed E-state index contributed by atoms with van der Waals surface area (Å²) in [4.78, 5) is 28.0. The Kier molecular flexibility index (Phi) is 6.00. The molecule has 0 aliphatic carbocycles. The number of carbonyl (C=O) groups is 2. The van der Waals surface area contributed by atoms with Gasteiger partial charge in [-0.3, -0.25) is 9.59 Å². The number of carbonyl (C=O) groups excluding carboxylic acids is 2. The van der Waals surface area contributed by atoms with Gasteiger partial charge in [-0.05, 0) is 43.4 Å². The number of amides is 1. The topological polar surface area (TPSA) is 58.6 Å². The number of Topliss-reactive ketones (excluding diaryl/α,β-unsaturated/α-hetero) is 1. The lowest BCUT2D eigenvalue weighted by Crippen LogP contribution is -2.38. The summed E-state index contributed by atoms with van der Waals surface area (Å²) in [5, 5.41) is 2.98. The van der Waals surface area contributed by atoms with Crippen LogP contribution in [0.15, 0.2) is 60.3 Å². The highest BCUT2D eigenvalue weighted by molar-refractivity contribution is 6.21. The number of benzene rings is 2. The molecule has 156 valence electrons. The van der Waals surface area contributed by atoms with Crippen molar-refractivity contribution in [3.8, 4) is 0 Å². The lowest BCUT2D eigenvalue weighted by Gasteiger charge is -2.35. The summed E-state index contributed by atoms with van der Waals surface area (Å²) in [6.45, 7) is 5.84. The highest BCUT2D eigenvalue weighted by Gasteiger charge is 2.30. The number of ether oxygens (including phenoxy) is 1. The second-order valence-corrected chi connectivity index (χ2v) is 8.06. The van der Waals surface area contributed by atoms with Crippen LogP contribution < -0.4 is 5.32 Å². The predicted molar refractivity (Wildman–Crippen MR) is 116 cm³/mol. The van der Waals surface area contributed by atoms with E-state index in [1.54, 1.807) is 0 Å². The van der Waals surface area contributed by atoms with Gasteiger partial charge in [-0.25, -0.2) is 0 Å². The van der Waals surface area contributed by atoms with Gasteiger partial charge in [-0.1, -0.05) is 54.6 Å². The molecule has 1 unspecified atom stereocenters. The summed E-state index contributed by atoms with van der Waals surface area (Å²) in [5.74, 6) is -0.311. The molecule has 0 saturated carbocycles. The first-order valence-corrected chi connectivity index (χ1v) is 10.6. The van der Waals surface area contributed by atoms with Gasteiger partial charge in [0.25, 0.3) is 5.91 Å². The minimum Gasteiger partial charge on any atom is -0.376 e. The normalized spacial score (nSPS) is 19.4. The van der Waals surface area contributed by atoms with Crippen molar-refractivity contribution in [2.75, 3.05) is 13.2 Å². The molecule has 2 aliphatic rings. The quantitative estimate of drug-likeness (QED) is 0.794. The predicted octanol–water partition coefficient (Wildman–Crippen LogP) is 3.86. The van der Waals surface area contributed by atoms with E-state index in [0.717, 1.165) is 54.9 Å². The van der Waals surface area contributed by atoms with Crippen molar-refractivity contribution < 1.29 is 14.3 Å². The van der Waals surface area contributed by atoms with Crippen molar-refractivity contribution in [1.82, 2.24) is 10.2 Å². The molecule has 5 heteroatoms. The van der Waals surface area contributed by atoms with Gasteiger partial charge in [0, 0.05) is 25.4 Å². The van der Waals surface area contributed by atoms with Crippen LogP contribution in [0.2, 0.25) is 0 Å². The number of rotatable bonds is 6. The van der Waals surface area contributed by atoms with Gasteiger partial charge in [0.15, 0.2) is 5.78 Å². The van der Waals surface area contributed by atoms with E-state index >= 15 is 0 Å². The lowest BCUT2D eigenvalue weighted by molar-refractivity contribution is -0.124. The van der Waals surface area contributed by atoms with E-state index in [2.05, 4.69) is 16.3 Å². The summed E-state index contributed by atoms with van der Waals surface area (Å²) < 4.78 is 5.83. The molecule has 30 heavy (non-hydrogen) atoms. The molecule has 2 aromatic rings. The maximum atomic E-state index is 13.5. The van der Waals surface area contributed by atoms with E-state index in [0.29, 0.717) is 5.57 Å². The number of nitrogens with one attached hydrogen (secondary N) is 1. The third-order valence-corrected chi connectivity index (χ3v) is 5.97. The van der Waals surface area contributed by atoms with Crippen LogP contribution in [0.1, 0.15) is 49.4 Å². The van der Waals surface area contributed by atoms with Crippen LogP contribution in [0.5, 0.6) is 0 Å². The lowest BCUT2D eigenvalue weighted by atomic mass is 9.92. The Labute approximate surface area is 177 Å². The highest BCUT2D eigenvalue weighted by atomic mass is 16.5. The number of hydrogen-bond acceptors (Lipinski definition) is 4. The van der Waals surface area contributed by atoms with Gasteiger partial charge in [-0.2, -0.15) is 0 Å². The molecule has 0 bridgehead atoms. The maximum absolute atomic E-state index is 13.5. The average molecular weight is 405 g/mol. The molecule has 1 N–H and O–H groups in total. The van der Waals surface area contributed by atoms with Gasteiger partial charge in [-0.15, -0.1) is 0 Å². The second-order valence-electron chi connectivity index (χ2n) is 8.06. The van der Waals surface area contributed by atoms with Crippen LogP contribution in [-0.4, -0.2) is 35.8 Å². The fourth-order valence-corrected chi connectivity index (χ4v) is 4.37. The number of hydrogen-bond donors (Lipinski definition) is 1. The molecule has 1 saturated heterocycles. The van der Waals surface area contributed by atoms with E-state index in [1.807, 2.05) is 55.5 Å². The zero-order chi connectivity index (χ0) is 21.1. The Morgan fingerprint density at radius 1 is 1.13 bits per heavy atom. The van der Waals surface area contributed by atoms with Gasteiger partial charge >= 0.3 is 0 Å². The smallest absolute Gasteiger partial charge is 0.254 e. The number of ketones is 1. The van der Waals surface area contributed by atoms with E-state index in [4.69, 9.17) is 4.74 Å². The van der Waals surface area contributed by atoms with Gasteiger partial charge in [0.05, 0.1) is 11.7 Å². The summed E-state index contributed by atoms with van der Waals surface area (Å²) in [7, 11) is 0. The summed E-state index contributed by atoms with van der Waals surface area (Å²) in [5.41, 5.74) is 4.41. The molecular formula is C25H28N2O3. The Morgan fingerprint density at radius 3 is 2.57 bits per heavy atom. The molecule has 5 nitrogen and oxygen atoms in total. The molecule has 0 radical (unpaired) electrons. The zero-order valence-corrected chi connectivity index (χ0v) is 17.6. The van der Waals surface area contributed by atoms with Crippen molar-refractivity contribution in [1.29, 1.82) is 0 Å². The van der Waals surface area contributed by atoms with Crippen molar-refractivity contribution >= 4 is 17.3 Å². The van der Waals surface area contributed by atoms with Crippen molar-refractivity contribution in [2.24, 2.45) is 0 Å². The Morgan fingerprint density at radius 2 is 1.87 bits per heavy atom. The standard InChI is InChI=1S/C25H28N2O3/c1-17-23(25(29)26-24(18(2)28)19-9-4-3-5-10-19)22-13-7-6-11-20(22)15-27(17)16-21-12-8-14-30-21/h3-7,9-11,13,21,24H,8,12,14-16H2,1-2H3,(H,26,29)/t21-,24?/m0/s1. The SMILES string of the molecule is CC(=O)C(NC(=O)C1=C(C)N(C[C@@H]2CCCO2)Cc2ccccc21)c1ccccc1. The third kappa shape index (κ3) is 4.17. The first kappa shape index (κ1) is 20.4. The molecule has 2 atom stereocenters. The Bertz CT molecular complexity index is 961. The van der Waals surface area contributed by atoms with Crippen LogP contribution in [0, 0.1) is 0 Å². The van der Waals surface area contributed by atoms with E-state index < -0.39 is 6.04 Å². The first-order chi connectivity index (χ1) is 14.5. The molecule has 4 rings (SSSR count). The van der Waals surface area contributed by atoms with Crippen LogP contribution in [-0.2, 0) is 20.9 Å². The minimum atomic E-state index is -0.667. The Hall–Kier alpha value is -2.92. The van der Waals surface area contributed by atoms with Crippen LogP contribution in [0.25, 0.3) is 5.57 Å². The van der Waals surface area contributed by atoms with E-state index in [9.17, 15) is 9.59 Å². The summed E-state index contributed by atoms with van der Waals surface area (Å²) in [6, 6.07) is 16.7. The summed E-state index contributed by atoms with van der Waals surface area (Å²) >= 11 is 0. The fraction of sp³-hybridized carbons (Fsp3) is 0.360. The van der Waals surface area contributed by atoms with E-state index in [1.165, 1.54) is 6.92 Å². The van der Waals surface area contributed by atoms with Crippen molar-refractivity contribution in [2.45, 2.75) is 45.4 Å². The minimum absolute atomic E-state index is 0.0897. The third-order valence-electron chi connectivity index (χ3n) is 5.97. The first-order valence-electron chi connectivity index (χ1n) is 10.6. The Balaban J connectivity index is 1.66. The molecule has 2 aromatic carbocycles. The molecule has 2 aliphatic heterocycles. The fourth-order valence-electron chi connectivity index (χ4n) is 4.37. The monoisotopic (exact) mass is 404 g/mol. The van der Waals surface area contributed by atoms with Crippen molar-refractivity contribution in [3.05, 3.63) is 77.0 Å². The molecule has 0 aromatic heterocycles. The molecule has 1 fully saturated rings. The molecular weight excluding hydrogens is 376 g/mol. The number of fused-ring (bicyclic) bond motifs is 1. The van der Waals surface area contributed by atoms with Gasteiger partial charge < -0.3 is 15.0 Å². The second kappa shape index (κ2) is 8.84. The molecule has 0 spiro atoms. The average Bonchev–Trinajstić information content (AvgIpc) is 3.26. The number of allylic oxidation sites excluding steroid dienone is 1. The van der Waals surface area contributed by atoms with Crippen molar-refractivity contribution in [3.63, 3.8) is 0 Å². The maximum Gasteiger partial charge on any atom is 0.254 e. The van der Waals surface area contributed by atoms with Gasteiger partial charge in [0.1, 0.15) is 6.04 Å². The van der Waals surface area contributed by atoms with Crippen LogP contribution in [0.4, 0.5) is 0 Å². The molecule has 1 amide bonds. The largest absolute Gasteiger partial charge is 0.376 e. The van der Waals surface area contributed by atoms with Crippen LogP contribution >= 0.6 is 0 Å². The van der Waals surface area contributed by atoms with E-state index in [-0.39, 0.29) is 17.8 Å². The van der Waals surface area contributed by atoms with Crippen LogP contribution in [0.3, 0.4) is 0 Å². The zero-order valence-electron chi connectivity index (χ0n) is 17.6. The summed E-state index contributed by atoms with van der Waals surface area (Å²) in [6.07, 6.45) is 2.33. The number of nitrogens with zero attached hydrogens (tertiary/aromatic N) is 1. The van der Waals surface area contributed by atoms with Gasteiger partial charge in [0.2, 0.25) is 0 Å². The molecule has 2 heterocycles.